The van der Waals surface area contributed by atoms with Gasteiger partial charge in [-0.05, 0) is 55.7 Å². The van der Waals surface area contributed by atoms with E-state index >= 15 is 0 Å². The van der Waals surface area contributed by atoms with Crippen LogP contribution in [0.25, 0.3) is 5.69 Å². The molecule has 0 bridgehead atoms. The maximum absolute atomic E-state index is 13.4. The Kier molecular flexibility index (Phi) is 4.71. The second-order valence-electron chi connectivity index (χ2n) is 6.72. The van der Waals surface area contributed by atoms with E-state index in [2.05, 4.69) is 10.2 Å². The highest BCUT2D eigenvalue weighted by Gasteiger charge is 2.30. The number of Topliss-reactive ketones (excluding diaryl/α,β-unsaturated/α-hetero) is 1. The summed E-state index contributed by atoms with van der Waals surface area (Å²) in [5, 5.41) is 8.64. The number of ether oxygens (including phenoxy) is 1. The van der Waals surface area contributed by atoms with Gasteiger partial charge in [-0.2, -0.15) is 9.90 Å². The van der Waals surface area contributed by atoms with Gasteiger partial charge in [0.15, 0.2) is 5.78 Å². The molecule has 1 unspecified atom stereocenters. The Morgan fingerprint density at radius 1 is 1.26 bits per heavy atom. The molecule has 27 heavy (non-hydrogen) atoms. The van der Waals surface area contributed by atoms with Crippen LogP contribution < -0.4 is 4.74 Å². The minimum absolute atomic E-state index is 0.207. The van der Waals surface area contributed by atoms with Crippen molar-refractivity contribution in [3.63, 3.8) is 0 Å². The molecule has 0 radical (unpaired) electrons. The molecule has 1 heterocycles. The fourth-order valence-corrected chi connectivity index (χ4v) is 2.94. The summed E-state index contributed by atoms with van der Waals surface area (Å²) in [6.07, 6.45) is 4.04. The van der Waals surface area contributed by atoms with Gasteiger partial charge in [0.25, 0.3) is 0 Å². The monoisotopic (exact) mass is 365 g/mol. The van der Waals surface area contributed by atoms with Crippen molar-refractivity contribution in [2.45, 2.75) is 32.3 Å². The Bertz CT molecular complexity index is 948. The van der Waals surface area contributed by atoms with Crippen LogP contribution >= 0.6 is 0 Å². The van der Waals surface area contributed by atoms with Gasteiger partial charge < -0.3 is 4.74 Å². The van der Waals surface area contributed by atoms with Crippen molar-refractivity contribution >= 4 is 5.78 Å². The first-order valence-corrected chi connectivity index (χ1v) is 9.13. The number of carbonyl (C=O) groups excluding carboxylic acids is 1. The van der Waals surface area contributed by atoms with Crippen molar-refractivity contribution in [2.75, 3.05) is 0 Å². The molecule has 1 saturated carbocycles. The van der Waals surface area contributed by atoms with E-state index in [1.54, 1.807) is 18.3 Å². The van der Waals surface area contributed by atoms with E-state index in [9.17, 15) is 9.18 Å². The fourth-order valence-electron chi connectivity index (χ4n) is 2.94. The second kappa shape index (κ2) is 7.31. The van der Waals surface area contributed by atoms with Crippen LogP contribution in [0.2, 0.25) is 0 Å². The molecule has 1 fully saturated rings. The maximum atomic E-state index is 13.4. The van der Waals surface area contributed by atoms with Crippen molar-refractivity contribution in [3.8, 4) is 11.4 Å². The lowest BCUT2D eigenvalue weighted by Crippen LogP contribution is -2.09. The lowest BCUT2D eigenvalue weighted by molar-refractivity contribution is 0.0967. The van der Waals surface area contributed by atoms with Crippen molar-refractivity contribution in [1.82, 2.24) is 15.0 Å². The molecule has 1 aliphatic rings. The Morgan fingerprint density at radius 2 is 2.04 bits per heavy atom. The van der Waals surface area contributed by atoms with Crippen LogP contribution in [0.5, 0.6) is 5.75 Å². The van der Waals surface area contributed by atoms with Gasteiger partial charge in [-0.25, -0.2) is 4.39 Å². The van der Waals surface area contributed by atoms with Crippen LogP contribution in [0, 0.1) is 11.7 Å². The predicted octanol–water partition coefficient (Wildman–Crippen LogP) is 4.53. The van der Waals surface area contributed by atoms with Crippen molar-refractivity contribution in [2.24, 2.45) is 5.92 Å². The third-order valence-electron chi connectivity index (χ3n) is 4.61. The molecule has 4 rings (SSSR count). The molecular weight excluding hydrogens is 345 g/mol. The molecule has 3 aromatic rings. The van der Waals surface area contributed by atoms with E-state index in [0.29, 0.717) is 23.6 Å². The minimum atomic E-state index is -0.338. The van der Waals surface area contributed by atoms with Gasteiger partial charge in [-0.1, -0.05) is 13.0 Å². The van der Waals surface area contributed by atoms with E-state index in [1.165, 1.54) is 16.9 Å². The summed E-state index contributed by atoms with van der Waals surface area (Å²) in [6.45, 7) is 2.00. The molecule has 0 saturated heterocycles. The van der Waals surface area contributed by atoms with E-state index in [0.717, 1.165) is 18.4 Å². The third kappa shape index (κ3) is 3.89. The number of carbonyl (C=O) groups is 1. The number of halogens is 1. The number of ketones is 1. The smallest absolute Gasteiger partial charge is 0.165 e. The highest BCUT2D eigenvalue weighted by molar-refractivity contribution is 5.99. The lowest BCUT2D eigenvalue weighted by atomic mass is 10.1. The van der Waals surface area contributed by atoms with Gasteiger partial charge in [-0.3, -0.25) is 4.79 Å². The third-order valence-corrected chi connectivity index (χ3v) is 4.61. The number of hydrogen-bond donors (Lipinski definition) is 0. The van der Waals surface area contributed by atoms with Crippen LogP contribution in [0.3, 0.4) is 0 Å². The SMILES string of the molecule is CCC(Oc1ccc(C(=O)C2CC2)cc1)c1cnn(-c2cccc(F)c2)n1. The number of rotatable bonds is 7. The number of aromatic nitrogens is 3. The van der Waals surface area contributed by atoms with Crippen molar-refractivity contribution in [1.29, 1.82) is 0 Å². The standard InChI is InChI=1S/C21H20FN3O2/c1-2-20(19-13-23-25(24-19)17-5-3-4-16(22)12-17)27-18-10-8-15(9-11-18)21(26)14-6-7-14/h3-5,8-14,20H,2,6-7H2,1H3. The highest BCUT2D eigenvalue weighted by atomic mass is 19.1. The van der Waals surface area contributed by atoms with Crippen LogP contribution in [0.15, 0.2) is 54.7 Å². The summed E-state index contributed by atoms with van der Waals surface area (Å²) in [4.78, 5) is 13.5. The molecule has 2 aromatic carbocycles. The summed E-state index contributed by atoms with van der Waals surface area (Å²) in [5.74, 6) is 0.759. The second-order valence-corrected chi connectivity index (χ2v) is 6.72. The average Bonchev–Trinajstić information content (AvgIpc) is 3.43. The summed E-state index contributed by atoms with van der Waals surface area (Å²) in [6, 6.07) is 13.4. The molecule has 0 spiro atoms. The van der Waals surface area contributed by atoms with E-state index in [1.807, 2.05) is 31.2 Å². The molecule has 1 aromatic heterocycles. The van der Waals surface area contributed by atoms with Crippen LogP contribution in [0.1, 0.15) is 48.3 Å². The first-order valence-electron chi connectivity index (χ1n) is 9.13. The molecule has 6 heteroatoms. The summed E-state index contributed by atoms with van der Waals surface area (Å²) in [5.41, 5.74) is 1.95. The fraction of sp³-hybridized carbons (Fsp3) is 0.286. The predicted molar refractivity (Wildman–Crippen MR) is 98.5 cm³/mol. The zero-order valence-corrected chi connectivity index (χ0v) is 15.0. The largest absolute Gasteiger partial charge is 0.484 e. The quantitative estimate of drug-likeness (QED) is 0.577. The Balaban J connectivity index is 1.48. The van der Waals surface area contributed by atoms with Gasteiger partial charge in [-0.15, -0.1) is 5.10 Å². The summed E-state index contributed by atoms with van der Waals surface area (Å²) >= 11 is 0. The highest BCUT2D eigenvalue weighted by Crippen LogP contribution is 2.33. The Morgan fingerprint density at radius 3 is 2.70 bits per heavy atom. The van der Waals surface area contributed by atoms with Gasteiger partial charge in [0.05, 0.1) is 11.9 Å². The van der Waals surface area contributed by atoms with E-state index < -0.39 is 0 Å². The molecular formula is C21H20FN3O2. The van der Waals surface area contributed by atoms with Gasteiger partial charge >= 0.3 is 0 Å². The Hall–Kier alpha value is -3.02. The first kappa shape index (κ1) is 17.4. The number of benzene rings is 2. The molecule has 5 nitrogen and oxygen atoms in total. The van der Waals surface area contributed by atoms with E-state index in [4.69, 9.17) is 4.74 Å². The van der Waals surface area contributed by atoms with Crippen LogP contribution in [-0.2, 0) is 0 Å². The van der Waals surface area contributed by atoms with Gasteiger partial charge in [0.1, 0.15) is 23.4 Å². The topological polar surface area (TPSA) is 57.0 Å². The number of hydrogen-bond acceptors (Lipinski definition) is 4. The van der Waals surface area contributed by atoms with Crippen LogP contribution in [-0.4, -0.2) is 20.8 Å². The first-order chi connectivity index (χ1) is 13.1. The average molecular weight is 365 g/mol. The zero-order chi connectivity index (χ0) is 18.8. The molecule has 1 atom stereocenters. The van der Waals surface area contributed by atoms with E-state index in [-0.39, 0.29) is 23.6 Å². The molecule has 0 aliphatic heterocycles. The molecule has 1 aliphatic carbocycles. The van der Waals surface area contributed by atoms with Gasteiger partial charge in [0, 0.05) is 17.5 Å². The molecule has 0 amide bonds. The minimum Gasteiger partial charge on any atom is -0.484 e. The number of nitrogens with zero attached hydrogens (tertiary/aromatic N) is 3. The maximum Gasteiger partial charge on any atom is 0.165 e. The van der Waals surface area contributed by atoms with Crippen LogP contribution in [0.4, 0.5) is 4.39 Å². The lowest BCUT2D eigenvalue weighted by Gasteiger charge is -2.15. The van der Waals surface area contributed by atoms with Crippen molar-refractivity contribution < 1.29 is 13.9 Å². The molecule has 0 N–H and O–H groups in total. The van der Waals surface area contributed by atoms with Crippen molar-refractivity contribution in [3.05, 3.63) is 71.8 Å². The summed E-state index contributed by atoms with van der Waals surface area (Å²) in [7, 11) is 0. The zero-order valence-electron chi connectivity index (χ0n) is 15.0. The molecule has 138 valence electrons. The van der Waals surface area contributed by atoms with Gasteiger partial charge in [0.2, 0.25) is 0 Å². The normalized spacial score (nSPS) is 14.7. The summed E-state index contributed by atoms with van der Waals surface area (Å²) < 4.78 is 19.4. The Labute approximate surface area is 156 Å².